The lowest BCUT2D eigenvalue weighted by Gasteiger charge is -1.98. The Morgan fingerprint density at radius 2 is 2.54 bits per heavy atom. The number of anilines is 1. The van der Waals surface area contributed by atoms with Crippen molar-refractivity contribution in [3.05, 3.63) is 18.5 Å². The van der Waals surface area contributed by atoms with Crippen LogP contribution in [-0.2, 0) is 0 Å². The molecule has 4 nitrogen and oxygen atoms in total. The van der Waals surface area contributed by atoms with Gasteiger partial charge in [0.15, 0.2) is 0 Å². The molecule has 0 aliphatic rings. The highest BCUT2D eigenvalue weighted by atomic mass is 15.1. The summed E-state index contributed by atoms with van der Waals surface area (Å²) in [4.78, 5) is 11.3. The molecule has 0 saturated heterocycles. The van der Waals surface area contributed by atoms with Gasteiger partial charge >= 0.3 is 0 Å². The quantitative estimate of drug-likeness (QED) is 0.664. The zero-order chi connectivity index (χ0) is 9.10. The van der Waals surface area contributed by atoms with Crippen molar-refractivity contribution >= 4 is 17.0 Å². The molecule has 0 spiro atoms. The van der Waals surface area contributed by atoms with Crippen molar-refractivity contribution in [2.45, 2.75) is 0 Å². The van der Waals surface area contributed by atoms with Gasteiger partial charge in [0.25, 0.3) is 0 Å². The molecule has 64 valence electrons. The monoisotopic (exact) mass is 172 g/mol. The number of terminal acetylenes is 1. The van der Waals surface area contributed by atoms with E-state index in [-0.39, 0.29) is 0 Å². The van der Waals surface area contributed by atoms with Crippen LogP contribution in [0.15, 0.2) is 18.5 Å². The first-order chi connectivity index (χ1) is 6.40. The lowest BCUT2D eigenvalue weighted by molar-refractivity contribution is 1.15. The summed E-state index contributed by atoms with van der Waals surface area (Å²) in [5.41, 5.74) is 0.814. The van der Waals surface area contributed by atoms with Crippen molar-refractivity contribution < 1.29 is 0 Å². The van der Waals surface area contributed by atoms with Gasteiger partial charge in [0.1, 0.15) is 5.65 Å². The van der Waals surface area contributed by atoms with Gasteiger partial charge in [-0.05, 0) is 6.07 Å². The second-order valence-corrected chi connectivity index (χ2v) is 2.53. The minimum Gasteiger partial charge on any atom is -0.346 e. The average Bonchev–Trinajstić information content (AvgIpc) is 2.61. The maximum atomic E-state index is 5.09. The van der Waals surface area contributed by atoms with Crippen molar-refractivity contribution in [2.24, 2.45) is 0 Å². The Morgan fingerprint density at radius 3 is 3.38 bits per heavy atom. The number of nitrogens with zero attached hydrogens (tertiary/aromatic N) is 2. The summed E-state index contributed by atoms with van der Waals surface area (Å²) in [5.74, 6) is 3.01. The van der Waals surface area contributed by atoms with E-state index >= 15 is 0 Å². The van der Waals surface area contributed by atoms with E-state index in [9.17, 15) is 0 Å². The molecule has 0 aliphatic carbocycles. The largest absolute Gasteiger partial charge is 0.346 e. The molecule has 2 rings (SSSR count). The zero-order valence-electron chi connectivity index (χ0n) is 6.91. The van der Waals surface area contributed by atoms with Crippen LogP contribution in [0.3, 0.4) is 0 Å². The molecule has 0 amide bonds. The van der Waals surface area contributed by atoms with Crippen molar-refractivity contribution in [1.29, 1.82) is 0 Å². The standard InChI is InChI=1S/C9H8N4/c1-2-4-11-9-12-6-7-3-5-10-8(7)13-9/h1,3,5-6H,4H2,(H2,10,11,12,13). The first kappa shape index (κ1) is 7.62. The van der Waals surface area contributed by atoms with Crippen LogP contribution in [0, 0.1) is 12.3 Å². The van der Waals surface area contributed by atoms with E-state index in [4.69, 9.17) is 6.42 Å². The molecule has 0 atom stereocenters. The number of fused-ring (bicyclic) bond motifs is 1. The number of nitrogens with one attached hydrogen (secondary N) is 2. The molecule has 0 aromatic carbocycles. The molecule has 0 saturated carbocycles. The first-order valence-electron chi connectivity index (χ1n) is 3.87. The molecule has 2 aromatic rings. The van der Waals surface area contributed by atoms with Crippen LogP contribution in [0.2, 0.25) is 0 Å². The molecule has 2 heterocycles. The fraction of sp³-hybridized carbons (Fsp3) is 0.111. The molecule has 2 aromatic heterocycles. The third kappa shape index (κ3) is 1.44. The van der Waals surface area contributed by atoms with Crippen LogP contribution in [0.5, 0.6) is 0 Å². The lowest BCUT2D eigenvalue weighted by atomic mass is 10.4. The minimum absolute atomic E-state index is 0.437. The Labute approximate surface area is 75.4 Å². The molecule has 0 bridgehead atoms. The van der Waals surface area contributed by atoms with Crippen molar-refractivity contribution in [2.75, 3.05) is 11.9 Å². The van der Waals surface area contributed by atoms with Crippen LogP contribution in [0.25, 0.3) is 11.0 Å². The van der Waals surface area contributed by atoms with Crippen LogP contribution in [0.4, 0.5) is 5.95 Å². The summed E-state index contributed by atoms with van der Waals surface area (Å²) < 4.78 is 0. The van der Waals surface area contributed by atoms with Crippen LogP contribution < -0.4 is 5.32 Å². The van der Waals surface area contributed by atoms with E-state index in [0.717, 1.165) is 11.0 Å². The van der Waals surface area contributed by atoms with E-state index in [2.05, 4.69) is 26.2 Å². The number of hydrogen-bond donors (Lipinski definition) is 2. The van der Waals surface area contributed by atoms with Gasteiger partial charge in [-0.2, -0.15) is 4.98 Å². The highest BCUT2D eigenvalue weighted by Crippen LogP contribution is 2.09. The summed E-state index contributed by atoms with van der Waals surface area (Å²) in [6.45, 7) is 0.437. The highest BCUT2D eigenvalue weighted by Gasteiger charge is 1.97. The van der Waals surface area contributed by atoms with Crippen LogP contribution in [0.1, 0.15) is 0 Å². The summed E-state index contributed by atoms with van der Waals surface area (Å²) in [7, 11) is 0. The van der Waals surface area contributed by atoms with Gasteiger partial charge in [-0.3, -0.25) is 0 Å². The number of aromatic nitrogens is 3. The molecular formula is C9H8N4. The van der Waals surface area contributed by atoms with Gasteiger partial charge in [-0.1, -0.05) is 5.92 Å². The third-order valence-electron chi connectivity index (χ3n) is 1.65. The SMILES string of the molecule is C#CCNc1ncc2cc[nH]c2n1. The Morgan fingerprint density at radius 1 is 1.62 bits per heavy atom. The van der Waals surface area contributed by atoms with E-state index in [1.807, 2.05) is 12.3 Å². The van der Waals surface area contributed by atoms with Crippen LogP contribution in [-0.4, -0.2) is 21.5 Å². The highest BCUT2D eigenvalue weighted by molar-refractivity contribution is 5.75. The molecule has 0 radical (unpaired) electrons. The minimum atomic E-state index is 0.437. The van der Waals surface area contributed by atoms with Gasteiger partial charge in [0, 0.05) is 17.8 Å². The van der Waals surface area contributed by atoms with E-state index in [1.54, 1.807) is 6.20 Å². The maximum absolute atomic E-state index is 5.09. The van der Waals surface area contributed by atoms with E-state index in [0.29, 0.717) is 12.5 Å². The van der Waals surface area contributed by atoms with E-state index in [1.165, 1.54) is 0 Å². The number of H-pyrrole nitrogens is 1. The average molecular weight is 172 g/mol. The summed E-state index contributed by atoms with van der Waals surface area (Å²) >= 11 is 0. The molecule has 0 fully saturated rings. The molecule has 2 N–H and O–H groups in total. The Kier molecular flexibility index (Phi) is 1.85. The normalized spacial score (nSPS) is 9.77. The number of rotatable bonds is 2. The third-order valence-corrected chi connectivity index (χ3v) is 1.65. The van der Waals surface area contributed by atoms with Gasteiger partial charge in [0.2, 0.25) is 5.95 Å². The van der Waals surface area contributed by atoms with Gasteiger partial charge < -0.3 is 10.3 Å². The fourth-order valence-electron chi connectivity index (χ4n) is 1.05. The number of aromatic amines is 1. The smallest absolute Gasteiger partial charge is 0.225 e. The second kappa shape index (κ2) is 3.15. The second-order valence-electron chi connectivity index (χ2n) is 2.53. The Bertz CT molecular complexity index is 452. The molecule has 13 heavy (non-hydrogen) atoms. The predicted molar refractivity (Wildman–Crippen MR) is 51.2 cm³/mol. The summed E-state index contributed by atoms with van der Waals surface area (Å²) in [5, 5.41) is 3.89. The molecule has 0 unspecified atom stereocenters. The Balaban J connectivity index is 2.33. The Hall–Kier alpha value is -2.02. The maximum Gasteiger partial charge on any atom is 0.225 e. The van der Waals surface area contributed by atoms with Crippen molar-refractivity contribution in [1.82, 2.24) is 15.0 Å². The predicted octanol–water partition coefficient (Wildman–Crippen LogP) is 1.00. The summed E-state index contributed by atoms with van der Waals surface area (Å²) in [6, 6.07) is 1.92. The van der Waals surface area contributed by atoms with Crippen molar-refractivity contribution in [3.8, 4) is 12.3 Å². The molecule has 0 aliphatic heterocycles. The van der Waals surface area contributed by atoms with E-state index < -0.39 is 0 Å². The van der Waals surface area contributed by atoms with Gasteiger partial charge in [-0.15, -0.1) is 6.42 Å². The van der Waals surface area contributed by atoms with Crippen molar-refractivity contribution in [3.63, 3.8) is 0 Å². The topological polar surface area (TPSA) is 53.6 Å². The fourth-order valence-corrected chi connectivity index (χ4v) is 1.05. The molecule has 4 heteroatoms. The first-order valence-corrected chi connectivity index (χ1v) is 3.87. The van der Waals surface area contributed by atoms with Gasteiger partial charge in [0.05, 0.1) is 6.54 Å². The lowest BCUT2D eigenvalue weighted by Crippen LogP contribution is -2.02. The zero-order valence-corrected chi connectivity index (χ0v) is 6.91. The molecular weight excluding hydrogens is 164 g/mol. The number of hydrogen-bond acceptors (Lipinski definition) is 3. The van der Waals surface area contributed by atoms with Crippen LogP contribution >= 0.6 is 0 Å². The summed E-state index contributed by atoms with van der Waals surface area (Å²) in [6.07, 6.45) is 8.66. The van der Waals surface area contributed by atoms with Gasteiger partial charge in [-0.25, -0.2) is 4.98 Å².